The van der Waals surface area contributed by atoms with E-state index in [-0.39, 0.29) is 5.91 Å². The molecule has 2 aromatic heterocycles. The van der Waals surface area contributed by atoms with Crippen molar-refractivity contribution in [2.75, 3.05) is 0 Å². The fourth-order valence-corrected chi connectivity index (χ4v) is 3.18. The Morgan fingerprint density at radius 2 is 2.24 bits per heavy atom. The Bertz CT molecular complexity index is 804. The van der Waals surface area contributed by atoms with Gasteiger partial charge in [-0.2, -0.15) is 4.98 Å². The number of nitrogens with zero attached hydrogens (tertiary/aromatic N) is 2. The molecule has 1 aromatic carbocycles. The molecule has 1 fully saturated rings. The number of carbonyl (C=O) groups excluding carboxylic acids is 1. The van der Waals surface area contributed by atoms with Crippen LogP contribution in [-0.2, 0) is 6.54 Å². The summed E-state index contributed by atoms with van der Waals surface area (Å²) in [6.45, 7) is 0.291. The van der Waals surface area contributed by atoms with E-state index in [0.717, 1.165) is 22.9 Å². The van der Waals surface area contributed by atoms with Crippen LogP contribution in [0.4, 0.5) is 0 Å². The summed E-state index contributed by atoms with van der Waals surface area (Å²) >= 11 is 1.57. The molecule has 0 spiro atoms. The average Bonchev–Trinajstić information content (AvgIpc) is 3.10. The van der Waals surface area contributed by atoms with Crippen LogP contribution < -0.4 is 5.32 Å². The first kappa shape index (κ1) is 12.5. The Morgan fingerprint density at radius 3 is 3.10 bits per heavy atom. The molecule has 1 aliphatic carbocycles. The van der Waals surface area contributed by atoms with Crippen molar-refractivity contribution in [2.45, 2.75) is 25.3 Å². The summed E-state index contributed by atoms with van der Waals surface area (Å²) in [7, 11) is 0. The molecule has 6 heteroatoms. The van der Waals surface area contributed by atoms with Crippen molar-refractivity contribution >= 4 is 27.3 Å². The number of aromatic nitrogens is 2. The maximum atomic E-state index is 12.3. The minimum atomic E-state index is -0.106. The van der Waals surface area contributed by atoms with E-state index >= 15 is 0 Å². The molecular weight excluding hydrogens is 286 g/mol. The van der Waals surface area contributed by atoms with Gasteiger partial charge in [0.25, 0.3) is 5.91 Å². The minimum absolute atomic E-state index is 0.106. The molecule has 0 bridgehead atoms. The summed E-state index contributed by atoms with van der Waals surface area (Å²) < 4.78 is 6.28. The zero-order valence-corrected chi connectivity index (χ0v) is 12.0. The number of rotatable bonds is 4. The van der Waals surface area contributed by atoms with Crippen LogP contribution in [-0.4, -0.2) is 16.0 Å². The van der Waals surface area contributed by atoms with Gasteiger partial charge in [-0.05, 0) is 18.9 Å². The van der Waals surface area contributed by atoms with Gasteiger partial charge in [-0.15, -0.1) is 11.3 Å². The third-order valence-corrected chi connectivity index (χ3v) is 4.51. The second-order valence-corrected chi connectivity index (χ2v) is 6.06. The summed E-state index contributed by atoms with van der Waals surface area (Å²) in [6, 6.07) is 7.88. The van der Waals surface area contributed by atoms with Crippen molar-refractivity contribution in [3.63, 3.8) is 0 Å². The lowest BCUT2D eigenvalue weighted by Gasteiger charge is -2.00. The fourth-order valence-electron chi connectivity index (χ4n) is 2.24. The van der Waals surface area contributed by atoms with Crippen LogP contribution in [0, 0.1) is 0 Å². The highest BCUT2D eigenvalue weighted by Gasteiger charge is 2.29. The van der Waals surface area contributed by atoms with Crippen molar-refractivity contribution in [1.29, 1.82) is 0 Å². The molecule has 0 saturated heterocycles. The smallest absolute Gasteiger partial charge is 0.253 e. The molecule has 1 N–H and O–H groups in total. The Balaban J connectivity index is 1.47. The molecule has 21 heavy (non-hydrogen) atoms. The second kappa shape index (κ2) is 4.96. The second-order valence-electron chi connectivity index (χ2n) is 5.15. The highest BCUT2D eigenvalue weighted by atomic mass is 32.1. The van der Waals surface area contributed by atoms with Crippen molar-refractivity contribution in [2.24, 2.45) is 0 Å². The Labute approximate surface area is 125 Å². The number of thiophene rings is 1. The summed E-state index contributed by atoms with van der Waals surface area (Å²) in [5, 5.41) is 9.60. The topological polar surface area (TPSA) is 68.0 Å². The number of carbonyl (C=O) groups is 1. The van der Waals surface area contributed by atoms with E-state index in [4.69, 9.17) is 4.52 Å². The quantitative estimate of drug-likeness (QED) is 0.804. The molecule has 1 aliphatic rings. The zero-order chi connectivity index (χ0) is 14.2. The summed E-state index contributed by atoms with van der Waals surface area (Å²) in [5.74, 6) is 1.55. The maximum absolute atomic E-state index is 12.3. The minimum Gasteiger partial charge on any atom is -0.345 e. The highest BCUT2D eigenvalue weighted by Crippen LogP contribution is 2.38. The fraction of sp³-hybridized carbons (Fsp3) is 0.267. The van der Waals surface area contributed by atoms with Gasteiger partial charge >= 0.3 is 0 Å². The molecule has 3 aromatic rings. The molecule has 0 atom stereocenters. The molecule has 0 aliphatic heterocycles. The number of fused-ring (bicyclic) bond motifs is 1. The van der Waals surface area contributed by atoms with E-state index in [0.29, 0.717) is 29.7 Å². The molecule has 106 valence electrons. The van der Waals surface area contributed by atoms with Crippen LogP contribution in [0.5, 0.6) is 0 Å². The largest absolute Gasteiger partial charge is 0.345 e. The maximum Gasteiger partial charge on any atom is 0.253 e. The third-order valence-electron chi connectivity index (χ3n) is 3.54. The predicted molar refractivity (Wildman–Crippen MR) is 79.3 cm³/mol. The van der Waals surface area contributed by atoms with Gasteiger partial charge in [0.2, 0.25) is 5.89 Å². The molecule has 1 saturated carbocycles. The summed E-state index contributed by atoms with van der Waals surface area (Å²) in [4.78, 5) is 16.6. The molecule has 2 heterocycles. The lowest BCUT2D eigenvalue weighted by atomic mass is 10.1. The average molecular weight is 299 g/mol. The number of amides is 1. The van der Waals surface area contributed by atoms with Crippen molar-refractivity contribution in [3.05, 3.63) is 46.9 Å². The predicted octanol–water partition coefficient (Wildman–Crippen LogP) is 3.09. The van der Waals surface area contributed by atoms with E-state index in [1.807, 2.05) is 29.6 Å². The van der Waals surface area contributed by atoms with Crippen LogP contribution in [0.15, 0.2) is 34.2 Å². The van der Waals surface area contributed by atoms with Crippen LogP contribution >= 0.6 is 11.3 Å². The van der Waals surface area contributed by atoms with Gasteiger partial charge in [0.1, 0.15) is 0 Å². The first-order valence-electron chi connectivity index (χ1n) is 6.88. The Hall–Kier alpha value is -2.21. The van der Waals surface area contributed by atoms with Crippen LogP contribution in [0.1, 0.15) is 40.8 Å². The van der Waals surface area contributed by atoms with Gasteiger partial charge < -0.3 is 9.84 Å². The molecule has 4 rings (SSSR count). The SMILES string of the molecule is O=C(NCc1noc(C2CC2)n1)c1csc2ccccc12. The standard InChI is InChI=1S/C15H13N3O2S/c19-14(11-8-21-12-4-2-1-3-10(11)12)16-7-13-17-15(20-18-13)9-5-6-9/h1-4,8-9H,5-7H2,(H,16,19). The monoisotopic (exact) mass is 299 g/mol. The zero-order valence-electron chi connectivity index (χ0n) is 11.2. The number of hydrogen-bond donors (Lipinski definition) is 1. The van der Waals surface area contributed by atoms with Crippen molar-refractivity contribution in [3.8, 4) is 0 Å². The van der Waals surface area contributed by atoms with Crippen LogP contribution in [0.3, 0.4) is 0 Å². The van der Waals surface area contributed by atoms with E-state index in [1.165, 1.54) is 0 Å². The summed E-state index contributed by atoms with van der Waals surface area (Å²) in [6.07, 6.45) is 2.24. The van der Waals surface area contributed by atoms with Gasteiger partial charge in [0.05, 0.1) is 12.1 Å². The Kier molecular flexibility index (Phi) is 2.96. The highest BCUT2D eigenvalue weighted by molar-refractivity contribution is 7.17. The van der Waals surface area contributed by atoms with Gasteiger partial charge in [0.15, 0.2) is 5.82 Å². The van der Waals surface area contributed by atoms with Gasteiger partial charge in [-0.25, -0.2) is 0 Å². The lowest BCUT2D eigenvalue weighted by molar-refractivity contribution is 0.0951. The number of benzene rings is 1. The number of nitrogens with one attached hydrogen (secondary N) is 1. The van der Waals surface area contributed by atoms with E-state index < -0.39 is 0 Å². The molecule has 1 amide bonds. The normalized spacial score (nSPS) is 14.5. The van der Waals surface area contributed by atoms with Crippen LogP contribution in [0.25, 0.3) is 10.1 Å². The lowest BCUT2D eigenvalue weighted by Crippen LogP contribution is -2.23. The van der Waals surface area contributed by atoms with Crippen molar-refractivity contribution < 1.29 is 9.32 Å². The van der Waals surface area contributed by atoms with Crippen LogP contribution in [0.2, 0.25) is 0 Å². The number of hydrogen-bond acceptors (Lipinski definition) is 5. The Morgan fingerprint density at radius 1 is 1.38 bits per heavy atom. The van der Waals surface area contributed by atoms with Gasteiger partial charge in [-0.1, -0.05) is 23.4 Å². The van der Waals surface area contributed by atoms with Crippen molar-refractivity contribution in [1.82, 2.24) is 15.5 Å². The van der Waals surface area contributed by atoms with Gasteiger partial charge in [-0.3, -0.25) is 4.79 Å². The van der Waals surface area contributed by atoms with E-state index in [9.17, 15) is 4.79 Å². The van der Waals surface area contributed by atoms with Gasteiger partial charge in [0, 0.05) is 21.4 Å². The molecule has 5 nitrogen and oxygen atoms in total. The molecular formula is C15H13N3O2S. The molecule has 0 unspecified atom stereocenters. The first-order chi connectivity index (χ1) is 10.3. The van der Waals surface area contributed by atoms with E-state index in [2.05, 4.69) is 15.5 Å². The van der Waals surface area contributed by atoms with E-state index in [1.54, 1.807) is 11.3 Å². The molecule has 0 radical (unpaired) electrons. The third kappa shape index (κ3) is 2.42. The first-order valence-corrected chi connectivity index (χ1v) is 7.76. The summed E-state index contributed by atoms with van der Waals surface area (Å²) in [5.41, 5.74) is 0.696.